The van der Waals surface area contributed by atoms with Crippen LogP contribution in [0.4, 0.5) is 0 Å². The first kappa shape index (κ1) is 20.1. The number of Topliss-reactive ketones (excluding diaryl/α,β-unsaturated/α-hetero) is 1. The molecule has 2 aliphatic rings. The number of hydrogen-bond acceptors (Lipinski definition) is 6. The third kappa shape index (κ3) is 4.99. The maximum atomic E-state index is 13.0. The minimum atomic E-state index is -3.74. The lowest BCUT2D eigenvalue weighted by Gasteiger charge is -2.27. The molecule has 3 atom stereocenters. The lowest BCUT2D eigenvalue weighted by molar-refractivity contribution is -0.126. The third-order valence-electron chi connectivity index (χ3n) is 5.55. The van der Waals surface area contributed by atoms with Crippen LogP contribution in [0.15, 0.2) is 23.0 Å². The number of amides is 1. The van der Waals surface area contributed by atoms with Gasteiger partial charge in [-0.25, -0.2) is 8.42 Å². The third-order valence-corrected chi connectivity index (χ3v) is 7.56. The van der Waals surface area contributed by atoms with Crippen LogP contribution in [-0.2, 0) is 29.9 Å². The second-order valence-corrected chi connectivity index (χ2v) is 9.82. The summed E-state index contributed by atoms with van der Waals surface area (Å²) in [6.45, 7) is 1.65. The number of carbonyl (C=O) groups excluding carboxylic acids is 2. The minimum absolute atomic E-state index is 0.0544. The van der Waals surface area contributed by atoms with Gasteiger partial charge in [0.1, 0.15) is 17.9 Å². The van der Waals surface area contributed by atoms with Gasteiger partial charge in [-0.2, -0.15) is 0 Å². The Morgan fingerprint density at radius 3 is 2.63 bits per heavy atom. The van der Waals surface area contributed by atoms with Gasteiger partial charge in [0.15, 0.2) is 15.6 Å². The second kappa shape index (κ2) is 8.56. The number of carbonyl (C=O) groups is 2. The Kier molecular flexibility index (Phi) is 6.37. The van der Waals surface area contributed by atoms with E-state index in [2.05, 4.69) is 5.32 Å². The van der Waals surface area contributed by atoms with E-state index in [1.807, 2.05) is 0 Å². The number of ketones is 1. The van der Waals surface area contributed by atoms with Crippen LogP contribution in [0.2, 0.25) is 0 Å². The minimum Gasteiger partial charge on any atom is -0.472 e. The van der Waals surface area contributed by atoms with Gasteiger partial charge in [-0.3, -0.25) is 9.59 Å². The number of furan rings is 1. The molecule has 8 heteroatoms. The fraction of sp³-hybridized carbons (Fsp3) is 0.684. The summed E-state index contributed by atoms with van der Waals surface area (Å²) >= 11 is 0. The van der Waals surface area contributed by atoms with Crippen molar-refractivity contribution in [3.05, 3.63) is 24.2 Å². The molecule has 3 unspecified atom stereocenters. The molecule has 1 aliphatic heterocycles. The molecular formula is C19H27NO6S. The SMILES string of the molecule is CC1OCC(=O)C1NC(=O)C(CC1CCCCC1)S(=O)(=O)Cc1ccoc1. The van der Waals surface area contributed by atoms with Gasteiger partial charge in [-0.1, -0.05) is 32.1 Å². The lowest BCUT2D eigenvalue weighted by Crippen LogP contribution is -2.50. The van der Waals surface area contributed by atoms with E-state index in [1.165, 1.54) is 12.5 Å². The highest BCUT2D eigenvalue weighted by molar-refractivity contribution is 7.92. The fourth-order valence-corrected chi connectivity index (χ4v) is 5.75. The smallest absolute Gasteiger partial charge is 0.239 e. The molecule has 1 amide bonds. The molecule has 7 nitrogen and oxygen atoms in total. The van der Waals surface area contributed by atoms with Gasteiger partial charge in [0.25, 0.3) is 0 Å². The molecule has 1 saturated carbocycles. The van der Waals surface area contributed by atoms with Crippen LogP contribution in [0.25, 0.3) is 0 Å². The Morgan fingerprint density at radius 2 is 2.04 bits per heavy atom. The van der Waals surface area contributed by atoms with Gasteiger partial charge >= 0.3 is 0 Å². The van der Waals surface area contributed by atoms with E-state index < -0.39 is 33.1 Å². The molecule has 0 bridgehead atoms. The number of rotatable bonds is 7. The van der Waals surface area contributed by atoms with E-state index in [9.17, 15) is 18.0 Å². The van der Waals surface area contributed by atoms with E-state index in [4.69, 9.17) is 9.15 Å². The van der Waals surface area contributed by atoms with Crippen molar-refractivity contribution in [1.82, 2.24) is 5.32 Å². The van der Waals surface area contributed by atoms with Crippen LogP contribution in [0, 0.1) is 5.92 Å². The zero-order valence-electron chi connectivity index (χ0n) is 15.6. The number of sulfone groups is 1. The Morgan fingerprint density at radius 1 is 1.30 bits per heavy atom. The topological polar surface area (TPSA) is 103 Å². The highest BCUT2D eigenvalue weighted by atomic mass is 32.2. The van der Waals surface area contributed by atoms with Gasteiger partial charge < -0.3 is 14.5 Å². The molecule has 1 aliphatic carbocycles. The Hall–Kier alpha value is -1.67. The summed E-state index contributed by atoms with van der Waals surface area (Å²) < 4.78 is 36.3. The molecule has 0 spiro atoms. The van der Waals surface area contributed by atoms with Crippen molar-refractivity contribution in [2.24, 2.45) is 5.92 Å². The highest BCUT2D eigenvalue weighted by Gasteiger charge is 2.40. The molecule has 2 heterocycles. The molecule has 150 valence electrons. The van der Waals surface area contributed by atoms with Crippen molar-refractivity contribution < 1.29 is 27.2 Å². The first-order chi connectivity index (χ1) is 12.9. The molecule has 1 saturated heterocycles. The molecular weight excluding hydrogens is 370 g/mol. The quantitative estimate of drug-likeness (QED) is 0.755. The van der Waals surface area contributed by atoms with Crippen molar-refractivity contribution in [3.63, 3.8) is 0 Å². The monoisotopic (exact) mass is 397 g/mol. The first-order valence-corrected chi connectivity index (χ1v) is 11.3. The van der Waals surface area contributed by atoms with Crippen molar-refractivity contribution in [3.8, 4) is 0 Å². The zero-order valence-corrected chi connectivity index (χ0v) is 16.4. The average molecular weight is 397 g/mol. The molecule has 3 rings (SSSR count). The van der Waals surface area contributed by atoms with Crippen LogP contribution < -0.4 is 5.32 Å². The predicted octanol–water partition coefficient (Wildman–Crippen LogP) is 2.01. The number of nitrogens with one attached hydrogen (secondary N) is 1. The summed E-state index contributed by atoms with van der Waals surface area (Å²) in [7, 11) is -3.74. The number of ether oxygens (including phenoxy) is 1. The Bertz CT molecular complexity index is 751. The van der Waals surface area contributed by atoms with Crippen molar-refractivity contribution in [2.75, 3.05) is 6.61 Å². The van der Waals surface area contributed by atoms with Gasteiger partial charge in [-0.15, -0.1) is 0 Å². The second-order valence-electron chi connectivity index (χ2n) is 7.64. The molecule has 1 aromatic rings. The highest BCUT2D eigenvalue weighted by Crippen LogP contribution is 2.30. The van der Waals surface area contributed by atoms with Gasteiger partial charge in [0.2, 0.25) is 5.91 Å². The zero-order chi connectivity index (χ0) is 19.4. The lowest BCUT2D eigenvalue weighted by atomic mass is 9.86. The molecule has 2 fully saturated rings. The maximum Gasteiger partial charge on any atom is 0.239 e. The van der Waals surface area contributed by atoms with E-state index in [0.29, 0.717) is 12.0 Å². The average Bonchev–Trinajstić information content (AvgIpc) is 3.25. The predicted molar refractivity (Wildman–Crippen MR) is 98.7 cm³/mol. The summed E-state index contributed by atoms with van der Waals surface area (Å²) in [5.41, 5.74) is 0.519. The molecule has 1 aromatic heterocycles. The Labute approximate surface area is 159 Å². The fourth-order valence-electron chi connectivity index (χ4n) is 3.96. The summed E-state index contributed by atoms with van der Waals surface area (Å²) in [4.78, 5) is 24.9. The first-order valence-electron chi connectivity index (χ1n) is 9.54. The summed E-state index contributed by atoms with van der Waals surface area (Å²) in [5.74, 6) is -0.861. The molecule has 27 heavy (non-hydrogen) atoms. The van der Waals surface area contributed by atoms with Gasteiger partial charge in [0, 0.05) is 5.56 Å². The van der Waals surface area contributed by atoms with Crippen LogP contribution >= 0.6 is 0 Å². The normalized spacial score (nSPS) is 25.4. The van der Waals surface area contributed by atoms with Gasteiger partial charge in [-0.05, 0) is 25.3 Å². The van der Waals surface area contributed by atoms with Crippen LogP contribution in [-0.4, -0.2) is 44.1 Å². The van der Waals surface area contributed by atoms with Crippen LogP contribution in [0.1, 0.15) is 51.0 Å². The molecule has 0 aromatic carbocycles. The Balaban J connectivity index is 1.77. The molecule has 0 radical (unpaired) electrons. The number of hydrogen-bond donors (Lipinski definition) is 1. The largest absolute Gasteiger partial charge is 0.472 e. The summed E-state index contributed by atoms with van der Waals surface area (Å²) in [5, 5.41) is 1.47. The van der Waals surface area contributed by atoms with E-state index in [1.54, 1.807) is 13.0 Å². The van der Waals surface area contributed by atoms with Crippen molar-refractivity contribution in [1.29, 1.82) is 0 Å². The summed E-state index contributed by atoms with van der Waals surface area (Å²) in [6, 6.07) is 0.805. The van der Waals surface area contributed by atoms with Crippen LogP contribution in [0.5, 0.6) is 0 Å². The van der Waals surface area contributed by atoms with Gasteiger partial charge in [0.05, 0.1) is 24.4 Å². The standard InChI is InChI=1S/C19H27NO6S/c1-13-18(16(21)11-26-13)20-19(22)17(9-14-5-3-2-4-6-14)27(23,24)12-15-7-8-25-10-15/h7-8,10,13-14,17-18H,2-6,9,11-12H2,1H3,(H,20,22). The molecule has 1 N–H and O–H groups in total. The van der Waals surface area contributed by atoms with E-state index in [-0.39, 0.29) is 24.1 Å². The van der Waals surface area contributed by atoms with Crippen molar-refractivity contribution >= 4 is 21.5 Å². The van der Waals surface area contributed by atoms with E-state index >= 15 is 0 Å². The maximum absolute atomic E-state index is 13.0. The van der Waals surface area contributed by atoms with E-state index in [0.717, 1.165) is 32.1 Å². The van der Waals surface area contributed by atoms with Crippen LogP contribution in [0.3, 0.4) is 0 Å². The van der Waals surface area contributed by atoms with Crippen molar-refractivity contribution in [2.45, 2.75) is 68.6 Å². The summed E-state index contributed by atoms with van der Waals surface area (Å²) in [6.07, 6.45) is 7.79.